The molecule has 1 aromatic rings. The monoisotopic (exact) mass is 290 g/mol. The third-order valence-electron chi connectivity index (χ3n) is 3.95. The summed E-state index contributed by atoms with van der Waals surface area (Å²) in [4.78, 5) is 13.5. The molecule has 1 aliphatic rings. The van der Waals surface area contributed by atoms with Crippen molar-refractivity contribution in [3.63, 3.8) is 0 Å². The maximum Gasteiger partial charge on any atom is 0.319 e. The standard InChI is InChI=1S/C16H19FN2O2/c1-21-16(20)11-19(14-4-2-3-5-14)10-13-8-12(9-18)6-7-15(13)17/h6-8,14H,2-5,10-11H2,1H3. The van der Waals surface area contributed by atoms with Crippen LogP contribution in [0.4, 0.5) is 4.39 Å². The van der Waals surface area contributed by atoms with Crippen LogP contribution in [0, 0.1) is 17.1 Å². The highest BCUT2D eigenvalue weighted by molar-refractivity contribution is 5.71. The van der Waals surface area contributed by atoms with Crippen molar-refractivity contribution in [1.29, 1.82) is 5.26 Å². The topological polar surface area (TPSA) is 53.3 Å². The number of nitriles is 1. The van der Waals surface area contributed by atoms with E-state index < -0.39 is 0 Å². The first-order valence-corrected chi connectivity index (χ1v) is 7.13. The van der Waals surface area contributed by atoms with Gasteiger partial charge >= 0.3 is 5.97 Å². The number of ether oxygens (including phenoxy) is 1. The molecule has 0 saturated heterocycles. The molecule has 0 N–H and O–H groups in total. The molecular weight excluding hydrogens is 271 g/mol. The lowest BCUT2D eigenvalue weighted by atomic mass is 10.1. The van der Waals surface area contributed by atoms with E-state index in [2.05, 4.69) is 0 Å². The van der Waals surface area contributed by atoms with Crippen LogP contribution in [0.1, 0.15) is 36.8 Å². The maximum absolute atomic E-state index is 13.9. The highest BCUT2D eigenvalue weighted by atomic mass is 19.1. The van der Waals surface area contributed by atoms with E-state index in [4.69, 9.17) is 10.00 Å². The predicted molar refractivity (Wildman–Crippen MR) is 75.8 cm³/mol. The Hall–Kier alpha value is -1.93. The number of nitrogens with zero attached hydrogens (tertiary/aromatic N) is 2. The van der Waals surface area contributed by atoms with E-state index in [0.717, 1.165) is 25.7 Å². The van der Waals surface area contributed by atoms with Gasteiger partial charge in [-0.2, -0.15) is 5.26 Å². The summed E-state index contributed by atoms with van der Waals surface area (Å²) in [5.74, 6) is -0.666. The number of hydrogen-bond acceptors (Lipinski definition) is 4. The lowest BCUT2D eigenvalue weighted by Crippen LogP contribution is -2.37. The summed E-state index contributed by atoms with van der Waals surface area (Å²) < 4.78 is 18.6. The Labute approximate surface area is 124 Å². The largest absolute Gasteiger partial charge is 0.468 e. The zero-order valence-corrected chi connectivity index (χ0v) is 12.1. The van der Waals surface area contributed by atoms with Crippen LogP contribution in [-0.4, -0.2) is 30.6 Å². The molecular formula is C16H19FN2O2. The minimum atomic E-state index is -0.345. The van der Waals surface area contributed by atoms with Crippen LogP contribution in [0.2, 0.25) is 0 Å². The summed E-state index contributed by atoms with van der Waals surface area (Å²) in [6.07, 6.45) is 4.28. The molecule has 4 nitrogen and oxygen atoms in total. The lowest BCUT2D eigenvalue weighted by molar-refractivity contribution is -0.142. The van der Waals surface area contributed by atoms with E-state index in [9.17, 15) is 9.18 Å². The van der Waals surface area contributed by atoms with E-state index in [-0.39, 0.29) is 24.4 Å². The molecule has 0 unspecified atom stereocenters. The summed E-state index contributed by atoms with van der Waals surface area (Å²) in [6.45, 7) is 0.471. The molecule has 0 heterocycles. The van der Waals surface area contributed by atoms with Crippen molar-refractivity contribution in [1.82, 2.24) is 4.90 Å². The van der Waals surface area contributed by atoms with E-state index in [1.54, 1.807) is 6.07 Å². The second-order valence-corrected chi connectivity index (χ2v) is 5.34. The van der Waals surface area contributed by atoms with Gasteiger partial charge in [-0.1, -0.05) is 12.8 Å². The van der Waals surface area contributed by atoms with Gasteiger partial charge in [0.25, 0.3) is 0 Å². The SMILES string of the molecule is COC(=O)CN(Cc1cc(C#N)ccc1F)C1CCCC1. The fourth-order valence-electron chi connectivity index (χ4n) is 2.80. The van der Waals surface area contributed by atoms with Gasteiger partial charge in [-0.3, -0.25) is 9.69 Å². The average molecular weight is 290 g/mol. The first kappa shape index (κ1) is 15.5. The van der Waals surface area contributed by atoms with Crippen LogP contribution in [0.15, 0.2) is 18.2 Å². The Balaban J connectivity index is 2.17. The summed E-state index contributed by atoms with van der Waals surface area (Å²) in [7, 11) is 1.35. The first-order valence-electron chi connectivity index (χ1n) is 7.13. The molecule has 0 aliphatic heterocycles. The van der Waals surface area contributed by atoms with Gasteiger partial charge in [-0.05, 0) is 31.0 Å². The molecule has 1 aliphatic carbocycles. The van der Waals surface area contributed by atoms with E-state index in [1.165, 1.54) is 19.2 Å². The van der Waals surface area contributed by atoms with Crippen LogP contribution in [0.5, 0.6) is 0 Å². The Morgan fingerprint density at radius 3 is 2.81 bits per heavy atom. The highest BCUT2D eigenvalue weighted by Crippen LogP contribution is 2.25. The number of hydrogen-bond donors (Lipinski definition) is 0. The van der Waals surface area contributed by atoms with Gasteiger partial charge in [-0.25, -0.2) is 4.39 Å². The van der Waals surface area contributed by atoms with E-state index in [0.29, 0.717) is 17.7 Å². The molecule has 0 amide bonds. The van der Waals surface area contributed by atoms with Gasteiger partial charge in [0.05, 0.1) is 25.3 Å². The van der Waals surface area contributed by atoms with Crippen molar-refractivity contribution in [2.24, 2.45) is 0 Å². The second kappa shape index (κ2) is 7.19. The van der Waals surface area contributed by atoms with E-state index in [1.807, 2.05) is 11.0 Å². The Morgan fingerprint density at radius 1 is 1.48 bits per heavy atom. The third-order valence-corrected chi connectivity index (χ3v) is 3.95. The van der Waals surface area contributed by atoms with Crippen molar-refractivity contribution in [3.8, 4) is 6.07 Å². The van der Waals surface area contributed by atoms with Crippen molar-refractivity contribution < 1.29 is 13.9 Å². The zero-order valence-electron chi connectivity index (χ0n) is 12.1. The smallest absolute Gasteiger partial charge is 0.319 e. The van der Waals surface area contributed by atoms with Crippen molar-refractivity contribution >= 4 is 5.97 Å². The maximum atomic E-state index is 13.9. The number of benzene rings is 1. The number of rotatable bonds is 5. The molecule has 112 valence electrons. The number of halogens is 1. The molecule has 1 fully saturated rings. The van der Waals surface area contributed by atoms with Crippen molar-refractivity contribution in [3.05, 3.63) is 35.1 Å². The Bertz CT molecular complexity index is 548. The van der Waals surface area contributed by atoms with Crippen LogP contribution >= 0.6 is 0 Å². The predicted octanol–water partition coefficient (Wildman–Crippen LogP) is 2.61. The minimum Gasteiger partial charge on any atom is -0.468 e. The summed E-state index contributed by atoms with van der Waals surface area (Å²) in [5, 5.41) is 8.92. The van der Waals surface area contributed by atoms with Gasteiger partial charge in [-0.15, -0.1) is 0 Å². The van der Waals surface area contributed by atoms with Crippen LogP contribution in [-0.2, 0) is 16.1 Å². The van der Waals surface area contributed by atoms with Crippen molar-refractivity contribution in [2.45, 2.75) is 38.3 Å². The lowest BCUT2D eigenvalue weighted by Gasteiger charge is -2.27. The number of methoxy groups -OCH3 is 1. The third kappa shape index (κ3) is 4.02. The quantitative estimate of drug-likeness (QED) is 0.782. The number of esters is 1. The van der Waals surface area contributed by atoms with Gasteiger partial charge < -0.3 is 4.74 Å². The van der Waals surface area contributed by atoms with Gasteiger partial charge in [0.1, 0.15) is 5.82 Å². The highest BCUT2D eigenvalue weighted by Gasteiger charge is 2.25. The van der Waals surface area contributed by atoms with Crippen LogP contribution in [0.25, 0.3) is 0 Å². The van der Waals surface area contributed by atoms with Crippen molar-refractivity contribution in [2.75, 3.05) is 13.7 Å². The molecule has 0 spiro atoms. The molecule has 21 heavy (non-hydrogen) atoms. The molecule has 1 aromatic carbocycles. The van der Waals surface area contributed by atoms with Gasteiger partial charge in [0, 0.05) is 18.2 Å². The minimum absolute atomic E-state index is 0.150. The normalized spacial score (nSPS) is 15.1. The van der Waals surface area contributed by atoms with Crippen LogP contribution < -0.4 is 0 Å². The zero-order chi connectivity index (χ0) is 15.2. The summed E-state index contributed by atoms with van der Waals surface area (Å²) in [6, 6.07) is 6.60. The first-order chi connectivity index (χ1) is 10.1. The second-order valence-electron chi connectivity index (χ2n) is 5.34. The Morgan fingerprint density at radius 2 is 2.19 bits per heavy atom. The van der Waals surface area contributed by atoms with Gasteiger partial charge in [0.15, 0.2) is 0 Å². The molecule has 0 bridgehead atoms. The number of carbonyl (C=O) groups is 1. The fourth-order valence-corrected chi connectivity index (χ4v) is 2.80. The average Bonchev–Trinajstić information content (AvgIpc) is 3.02. The fraction of sp³-hybridized carbons (Fsp3) is 0.500. The Kier molecular flexibility index (Phi) is 5.29. The molecule has 0 radical (unpaired) electrons. The molecule has 2 rings (SSSR count). The summed E-state index contributed by atoms with van der Waals surface area (Å²) in [5.41, 5.74) is 0.876. The molecule has 0 atom stereocenters. The van der Waals surface area contributed by atoms with Gasteiger partial charge in [0.2, 0.25) is 0 Å². The summed E-state index contributed by atoms with van der Waals surface area (Å²) >= 11 is 0. The van der Waals surface area contributed by atoms with E-state index >= 15 is 0 Å². The molecule has 1 saturated carbocycles. The molecule has 0 aromatic heterocycles. The van der Waals surface area contributed by atoms with Crippen LogP contribution in [0.3, 0.4) is 0 Å². The molecule has 5 heteroatoms. The number of carbonyl (C=O) groups excluding carboxylic acids is 1.